The van der Waals surface area contributed by atoms with Gasteiger partial charge in [0.2, 0.25) is 59.1 Å². The van der Waals surface area contributed by atoms with Crippen molar-refractivity contribution in [3.05, 3.63) is 132 Å². The molecule has 4 aromatic carbocycles. The van der Waals surface area contributed by atoms with E-state index >= 15 is 0 Å². The van der Waals surface area contributed by atoms with Gasteiger partial charge in [0, 0.05) is 56.4 Å². The van der Waals surface area contributed by atoms with Gasteiger partial charge in [0.05, 0.1) is 39.3 Å². The molecule has 7 rings (SSSR count). The molecule has 87 heavy (non-hydrogen) atoms. The van der Waals surface area contributed by atoms with Crippen molar-refractivity contribution in [2.75, 3.05) is 46.4 Å². The lowest BCUT2D eigenvalue weighted by atomic mass is 10.00. The number of ether oxygens (including phenoxy) is 1. The molecule has 462 valence electrons. The molecule has 5 aromatic rings. The predicted molar refractivity (Wildman–Crippen MR) is 314 cm³/mol. The minimum atomic E-state index is -1.84. The molecule has 3 heterocycles. The Morgan fingerprint density at radius 2 is 1.11 bits per heavy atom. The van der Waals surface area contributed by atoms with Crippen LogP contribution >= 0.6 is 0 Å². The molecule has 0 radical (unpaired) electrons. The van der Waals surface area contributed by atoms with Gasteiger partial charge < -0.3 is 77.4 Å². The minimum Gasteiger partial charge on any atom is -0.508 e. The number of aliphatic carboxylic acids is 1. The number of nitrogens with one attached hydrogen (secondary N) is 9. The summed E-state index contributed by atoms with van der Waals surface area (Å²) in [5.41, 5.74) is 2.80. The summed E-state index contributed by atoms with van der Waals surface area (Å²) in [6.07, 6.45) is 1.83. The van der Waals surface area contributed by atoms with Gasteiger partial charge >= 0.3 is 5.97 Å². The number of carboxylic acids is 1. The zero-order valence-corrected chi connectivity index (χ0v) is 48.2. The maximum absolute atomic E-state index is 14.8. The second-order valence-electron chi connectivity index (χ2n) is 21.3. The Hall–Kier alpha value is -9.85. The number of phenolic OH excluding ortho intramolecular Hbond substituents is 2. The molecule has 26 nitrogen and oxygen atoms in total. The van der Waals surface area contributed by atoms with Gasteiger partial charge in [0.15, 0.2) is 0 Å². The van der Waals surface area contributed by atoms with Crippen LogP contribution in [0, 0.1) is 0 Å². The van der Waals surface area contributed by atoms with E-state index in [9.17, 15) is 68.1 Å². The van der Waals surface area contributed by atoms with Crippen LogP contribution in [0.25, 0.3) is 10.9 Å². The van der Waals surface area contributed by atoms with Gasteiger partial charge in [-0.25, -0.2) is 0 Å². The number of aromatic nitrogens is 1. The highest BCUT2D eigenvalue weighted by atomic mass is 16.5. The number of hydrogen-bond donors (Lipinski definition) is 12. The molecule has 12 N–H and O–H groups in total. The molecule has 0 aliphatic carbocycles. The SMILES string of the molecule is CCCCC[C@@H]1NC(=O)[C@H](Cc2ccc(O)cc2)NC(=O)[C@H](Cc2ccccc2)N(C)C(=O)CNC(=O)CNC(=O)[C@H]2COCCN2C(=O)[C@H](CC(=O)O)NC(=O)[C@H](Cc2ccc(O)cc2)NC(=O)CNC(=O)[C@H](Cc2c[nH]c3ccccc23)NC1=O. The number of H-pyrrole nitrogens is 1. The fraction of sp³-hybridized carbons (Fsp3) is 0.393. The first-order valence-corrected chi connectivity index (χ1v) is 28.6. The van der Waals surface area contributed by atoms with Crippen molar-refractivity contribution in [2.24, 2.45) is 0 Å². The van der Waals surface area contributed by atoms with E-state index < -0.39 is 140 Å². The lowest BCUT2D eigenvalue weighted by molar-refractivity contribution is -0.153. The second-order valence-corrected chi connectivity index (χ2v) is 21.3. The molecule has 1 aromatic heterocycles. The van der Waals surface area contributed by atoms with E-state index in [4.69, 9.17) is 4.74 Å². The van der Waals surface area contributed by atoms with Crippen LogP contribution in [0.5, 0.6) is 11.5 Å². The van der Waals surface area contributed by atoms with Crippen LogP contribution in [0.3, 0.4) is 0 Å². The molecule has 0 spiro atoms. The summed E-state index contributed by atoms with van der Waals surface area (Å²) in [4.78, 5) is 160. The summed E-state index contributed by atoms with van der Waals surface area (Å²) in [7, 11) is 1.33. The maximum atomic E-state index is 14.8. The number of fused-ring (bicyclic) bond motifs is 2. The minimum absolute atomic E-state index is 0.0643. The highest BCUT2D eigenvalue weighted by Crippen LogP contribution is 2.21. The molecule has 2 saturated heterocycles. The lowest BCUT2D eigenvalue weighted by Gasteiger charge is -2.36. The molecule has 0 bridgehead atoms. The molecule has 2 aliphatic heterocycles. The molecule has 7 atom stereocenters. The number of amides is 10. The van der Waals surface area contributed by atoms with Crippen molar-refractivity contribution in [2.45, 2.75) is 107 Å². The lowest BCUT2D eigenvalue weighted by Crippen LogP contribution is -2.62. The summed E-state index contributed by atoms with van der Waals surface area (Å²) >= 11 is 0. The normalized spacial score (nSPS) is 22.3. The number of benzene rings is 4. The number of aromatic amines is 1. The topological polar surface area (TPSA) is 376 Å². The molecule has 10 amide bonds. The molecule has 0 unspecified atom stereocenters. The van der Waals surface area contributed by atoms with Crippen molar-refractivity contribution >= 4 is 75.9 Å². The Labute approximate surface area is 500 Å². The van der Waals surface area contributed by atoms with Gasteiger partial charge in [-0.1, -0.05) is 99.0 Å². The number of aromatic hydroxyl groups is 2. The third-order valence-electron chi connectivity index (χ3n) is 14.9. The quantitative estimate of drug-likeness (QED) is 0.0638. The average molecular weight is 1200 g/mol. The third kappa shape index (κ3) is 18.8. The van der Waals surface area contributed by atoms with Gasteiger partial charge in [-0.15, -0.1) is 0 Å². The number of phenols is 2. The van der Waals surface area contributed by atoms with Crippen molar-refractivity contribution < 1.29 is 72.8 Å². The van der Waals surface area contributed by atoms with E-state index in [0.29, 0.717) is 46.0 Å². The number of carbonyl (C=O) groups is 11. The summed E-state index contributed by atoms with van der Waals surface area (Å²) in [6, 6.07) is 16.9. The van der Waals surface area contributed by atoms with E-state index in [1.807, 2.05) is 13.0 Å². The second kappa shape index (κ2) is 31.3. The first-order chi connectivity index (χ1) is 41.8. The highest BCUT2D eigenvalue weighted by Gasteiger charge is 2.40. The number of nitrogens with zero attached hydrogens (tertiary/aromatic N) is 2. The Bertz CT molecular complexity index is 3270. The summed E-state index contributed by atoms with van der Waals surface area (Å²) in [5.74, 6) is -10.6. The first-order valence-electron chi connectivity index (χ1n) is 28.6. The number of unbranched alkanes of at least 4 members (excludes halogenated alkanes) is 2. The van der Waals surface area contributed by atoms with Crippen LogP contribution in [0.2, 0.25) is 0 Å². The predicted octanol–water partition coefficient (Wildman–Crippen LogP) is -0.255. The van der Waals surface area contributed by atoms with E-state index in [1.54, 1.807) is 66.9 Å². The monoisotopic (exact) mass is 1200 g/mol. The maximum Gasteiger partial charge on any atom is 0.305 e. The highest BCUT2D eigenvalue weighted by molar-refractivity contribution is 5.99. The standard InChI is InChI=1S/C61H73N11O15/c1-3-4-6-15-44-56(81)68-47(29-39-31-62-43-14-10-9-13-42(39)43)55(80)64-33-52(76)66-45(26-37-16-20-40(73)21-17-37)57(82)70-48(30-54(78)79)61(86)72-24-25-87-35-50(72)59(84)65-32-51(75)63-34-53(77)71(2)49(28-36-11-7-5-8-12-36)60(85)69-46(58(83)67-44)27-38-18-22-41(74)23-19-38/h5,7-14,16-23,31,44-50,62,73-74H,3-4,6,15,24-30,32-35H2,1-2H3,(H,63,75)(H,64,80)(H,65,84)(H,66,76)(H,67,83)(H,68,81)(H,69,85)(H,70,82)(H,78,79)/t44-,45-,46-,47-,48-,49-,50+/m0/s1. The zero-order valence-electron chi connectivity index (χ0n) is 48.2. The van der Waals surface area contributed by atoms with Gasteiger partial charge in [-0.2, -0.15) is 0 Å². The fourth-order valence-corrected chi connectivity index (χ4v) is 10.1. The van der Waals surface area contributed by atoms with E-state index in [2.05, 4.69) is 47.5 Å². The number of para-hydroxylation sites is 1. The van der Waals surface area contributed by atoms with Crippen LogP contribution < -0.4 is 42.5 Å². The number of likely N-dealkylation sites (N-methyl/N-ethyl adjacent to an activating group) is 1. The number of carboxylic acid groups (broad SMARTS) is 1. The number of rotatable bonds is 14. The summed E-state index contributed by atoms with van der Waals surface area (Å²) in [5, 5.41) is 51.6. The van der Waals surface area contributed by atoms with Crippen molar-refractivity contribution in [1.82, 2.24) is 57.3 Å². The summed E-state index contributed by atoms with van der Waals surface area (Å²) in [6.45, 7) is -1.04. The van der Waals surface area contributed by atoms with Gasteiger partial charge in [-0.3, -0.25) is 52.7 Å². The molecular formula is C61H73N11O15. The van der Waals surface area contributed by atoms with E-state index in [1.165, 1.54) is 43.4 Å². The smallest absolute Gasteiger partial charge is 0.305 e. The van der Waals surface area contributed by atoms with E-state index in [0.717, 1.165) is 16.2 Å². The Morgan fingerprint density at radius 3 is 1.77 bits per heavy atom. The van der Waals surface area contributed by atoms with Crippen molar-refractivity contribution in [1.29, 1.82) is 0 Å². The average Bonchev–Trinajstić information content (AvgIpc) is 4.20. The van der Waals surface area contributed by atoms with E-state index in [-0.39, 0.29) is 56.8 Å². The Morgan fingerprint density at radius 1 is 0.563 bits per heavy atom. The Balaban J connectivity index is 1.25. The first kappa shape index (κ1) is 64.7. The molecule has 2 fully saturated rings. The number of morpholine rings is 1. The summed E-state index contributed by atoms with van der Waals surface area (Å²) < 4.78 is 5.50. The van der Waals surface area contributed by atoms with Crippen LogP contribution in [0.1, 0.15) is 61.3 Å². The number of hydrogen-bond acceptors (Lipinski definition) is 14. The molecular weight excluding hydrogens is 1130 g/mol. The van der Waals surface area contributed by atoms with Crippen molar-refractivity contribution in [3.8, 4) is 11.5 Å². The molecule has 26 heteroatoms. The van der Waals surface area contributed by atoms with Crippen LogP contribution in [0.4, 0.5) is 0 Å². The van der Waals surface area contributed by atoms with Crippen LogP contribution in [-0.2, 0) is 83.2 Å². The molecule has 2 aliphatic rings. The van der Waals surface area contributed by atoms with Gasteiger partial charge in [0.25, 0.3) is 0 Å². The zero-order chi connectivity index (χ0) is 62.6. The van der Waals surface area contributed by atoms with Crippen LogP contribution in [0.15, 0.2) is 109 Å². The van der Waals surface area contributed by atoms with Crippen molar-refractivity contribution in [3.63, 3.8) is 0 Å². The molecule has 0 saturated carbocycles. The fourth-order valence-electron chi connectivity index (χ4n) is 10.1. The van der Waals surface area contributed by atoms with Gasteiger partial charge in [-0.05, 0) is 59.0 Å². The number of carbonyl (C=O) groups excluding carboxylic acids is 10. The van der Waals surface area contributed by atoms with Crippen LogP contribution in [-0.4, -0.2) is 184 Å². The Kier molecular flexibility index (Phi) is 23.3. The third-order valence-corrected chi connectivity index (χ3v) is 14.9. The largest absolute Gasteiger partial charge is 0.508 e. The van der Waals surface area contributed by atoms with Gasteiger partial charge in [0.1, 0.15) is 53.8 Å².